The summed E-state index contributed by atoms with van der Waals surface area (Å²) in [4.78, 5) is 0. The molecular formula is C37H50F2N2O4SSi. The van der Waals surface area contributed by atoms with E-state index in [9.17, 15) is 8.78 Å². The highest BCUT2D eigenvalue weighted by Gasteiger charge is 2.50. The van der Waals surface area contributed by atoms with Gasteiger partial charge < -0.3 is 29.3 Å². The van der Waals surface area contributed by atoms with E-state index in [0.29, 0.717) is 32.8 Å². The molecule has 1 aliphatic rings. The van der Waals surface area contributed by atoms with Gasteiger partial charge in [0.05, 0.1) is 51.2 Å². The van der Waals surface area contributed by atoms with Crippen molar-refractivity contribution in [3.63, 3.8) is 0 Å². The molecule has 5 atom stereocenters. The summed E-state index contributed by atoms with van der Waals surface area (Å²) in [5.74, 6) is -0.0846. The summed E-state index contributed by atoms with van der Waals surface area (Å²) in [7, 11) is -2.31. The first-order chi connectivity index (χ1) is 22.4. The molecule has 1 saturated carbocycles. The van der Waals surface area contributed by atoms with Gasteiger partial charge in [0.15, 0.2) is 13.4 Å². The van der Waals surface area contributed by atoms with Crippen LogP contribution in [0.2, 0.25) is 18.1 Å². The Morgan fingerprint density at radius 2 is 1.30 bits per heavy atom. The van der Waals surface area contributed by atoms with E-state index in [-0.39, 0.29) is 22.2 Å². The average molecular weight is 685 g/mol. The normalized spacial score (nSPS) is 21.8. The molecule has 0 aromatic heterocycles. The summed E-state index contributed by atoms with van der Waals surface area (Å²) in [5, 5.41) is 6.10. The fourth-order valence-corrected chi connectivity index (χ4v) is 7.09. The molecule has 1 aliphatic carbocycles. The molecule has 3 aromatic carbocycles. The van der Waals surface area contributed by atoms with E-state index in [1.807, 2.05) is 91.0 Å². The zero-order valence-electron chi connectivity index (χ0n) is 28.2. The number of halogens is 2. The second kappa shape index (κ2) is 17.6. The lowest BCUT2D eigenvalue weighted by Crippen LogP contribution is -2.66. The molecule has 0 bridgehead atoms. The van der Waals surface area contributed by atoms with Gasteiger partial charge in [-0.3, -0.25) is 0 Å². The summed E-state index contributed by atoms with van der Waals surface area (Å²) in [6, 6.07) is 29.6. The van der Waals surface area contributed by atoms with Crippen LogP contribution in [0.1, 0.15) is 43.9 Å². The summed E-state index contributed by atoms with van der Waals surface area (Å²) in [6.45, 7) is 12.1. The van der Waals surface area contributed by atoms with Gasteiger partial charge in [-0.1, -0.05) is 112 Å². The number of hydrogen-bond donors (Lipinski definition) is 2. The molecule has 2 N–H and O–H groups in total. The minimum atomic E-state index is -2.54. The van der Waals surface area contributed by atoms with E-state index < -0.39 is 39.5 Å². The van der Waals surface area contributed by atoms with Gasteiger partial charge in [-0.25, -0.2) is 8.78 Å². The van der Waals surface area contributed by atoms with Crippen LogP contribution < -0.4 is 10.6 Å². The first-order valence-electron chi connectivity index (χ1n) is 16.4. The lowest BCUT2D eigenvalue weighted by atomic mass is 9.79. The maximum absolute atomic E-state index is 13.2. The molecule has 3 aromatic rings. The van der Waals surface area contributed by atoms with Gasteiger partial charge in [-0.2, -0.15) is 0 Å². The Hall–Kier alpha value is -2.73. The van der Waals surface area contributed by atoms with E-state index in [2.05, 4.69) is 44.5 Å². The van der Waals surface area contributed by atoms with Crippen molar-refractivity contribution in [2.75, 3.05) is 13.2 Å². The molecule has 0 heterocycles. The Morgan fingerprint density at radius 1 is 0.809 bits per heavy atom. The third-order valence-electron chi connectivity index (χ3n) is 9.06. The molecule has 0 unspecified atom stereocenters. The highest BCUT2D eigenvalue weighted by molar-refractivity contribution is 7.80. The standard InChI is InChI=1S/C37H50F2N2O4SSi/c1-37(2,3)47(4,5)45-31-21-30(26-42-23-27-15-9-6-10-16-27)34(43-24-28-17-11-7-12-18-28)35(44-25-29-19-13-8-14-20-29)33(31)41-36(46)40-22-32(38)39/h6-20,30-35H,21-26H2,1-5H3,(H2,40,41,46)/t30-,31+,33+,34-,35-/m1/s1. The second-order valence-electron chi connectivity index (χ2n) is 13.7. The zero-order valence-corrected chi connectivity index (χ0v) is 30.0. The van der Waals surface area contributed by atoms with Crippen LogP contribution in [-0.4, -0.2) is 57.4 Å². The maximum Gasteiger partial charge on any atom is 0.255 e. The minimum Gasteiger partial charge on any atom is -0.412 e. The van der Waals surface area contributed by atoms with Crippen LogP contribution in [0.15, 0.2) is 91.0 Å². The van der Waals surface area contributed by atoms with E-state index in [1.165, 1.54) is 0 Å². The smallest absolute Gasteiger partial charge is 0.255 e. The van der Waals surface area contributed by atoms with Crippen molar-refractivity contribution < 1.29 is 27.4 Å². The molecule has 0 saturated heterocycles. The number of nitrogens with one attached hydrogen (secondary N) is 2. The largest absolute Gasteiger partial charge is 0.412 e. The number of thiocarbonyl (C=S) groups is 1. The van der Waals surface area contributed by atoms with Crippen LogP contribution in [0.4, 0.5) is 8.78 Å². The fraction of sp³-hybridized carbons (Fsp3) is 0.486. The minimum absolute atomic E-state index is 0.0632. The summed E-state index contributed by atoms with van der Waals surface area (Å²) >= 11 is 5.56. The first-order valence-corrected chi connectivity index (χ1v) is 19.7. The Bertz CT molecular complexity index is 1350. The number of hydrogen-bond acceptors (Lipinski definition) is 5. The Balaban J connectivity index is 1.70. The lowest BCUT2D eigenvalue weighted by Gasteiger charge is -2.50. The molecule has 10 heteroatoms. The van der Waals surface area contributed by atoms with Crippen LogP contribution in [0, 0.1) is 5.92 Å². The fourth-order valence-electron chi connectivity index (χ4n) is 5.52. The third-order valence-corrected chi connectivity index (χ3v) is 13.8. The predicted molar refractivity (Wildman–Crippen MR) is 190 cm³/mol. The van der Waals surface area contributed by atoms with Gasteiger partial charge in [0.25, 0.3) is 6.43 Å². The van der Waals surface area contributed by atoms with Crippen LogP contribution >= 0.6 is 12.2 Å². The molecule has 4 rings (SSSR count). The average Bonchev–Trinajstić information content (AvgIpc) is 3.04. The van der Waals surface area contributed by atoms with Gasteiger partial charge in [0.2, 0.25) is 0 Å². The van der Waals surface area contributed by atoms with E-state index >= 15 is 0 Å². The van der Waals surface area contributed by atoms with Gasteiger partial charge in [-0.05, 0) is 53.5 Å². The third kappa shape index (κ3) is 11.4. The van der Waals surface area contributed by atoms with Crippen molar-refractivity contribution >= 4 is 25.6 Å². The number of rotatable bonds is 15. The first kappa shape index (κ1) is 37.1. The molecule has 1 fully saturated rings. The Labute approximate surface area is 285 Å². The van der Waals surface area contributed by atoms with Crippen LogP contribution in [0.3, 0.4) is 0 Å². The SMILES string of the molecule is CC(C)(C)[Si](C)(C)O[C@H]1C[C@H](COCc2ccccc2)[C@@H](OCc2ccccc2)[C@H](OCc2ccccc2)[C@H]1NC(=S)NCC(F)F. The van der Waals surface area contributed by atoms with E-state index in [0.717, 1.165) is 16.7 Å². The summed E-state index contributed by atoms with van der Waals surface area (Å²) < 4.78 is 53.4. The van der Waals surface area contributed by atoms with Crippen molar-refractivity contribution in [1.82, 2.24) is 10.6 Å². The van der Waals surface area contributed by atoms with Gasteiger partial charge in [-0.15, -0.1) is 0 Å². The molecule has 0 amide bonds. The topological polar surface area (TPSA) is 61.0 Å². The quantitative estimate of drug-likeness (QED) is 0.125. The molecule has 0 spiro atoms. The number of alkyl halides is 2. The van der Waals surface area contributed by atoms with Crippen molar-refractivity contribution in [3.05, 3.63) is 108 Å². The van der Waals surface area contributed by atoms with Crippen molar-refractivity contribution in [2.45, 2.75) is 95.9 Å². The lowest BCUT2D eigenvalue weighted by molar-refractivity contribution is -0.170. The molecule has 47 heavy (non-hydrogen) atoms. The van der Waals surface area contributed by atoms with Crippen molar-refractivity contribution in [1.29, 1.82) is 0 Å². The molecule has 6 nitrogen and oxygen atoms in total. The van der Waals surface area contributed by atoms with Crippen LogP contribution in [0.25, 0.3) is 0 Å². The van der Waals surface area contributed by atoms with E-state index in [1.54, 1.807) is 0 Å². The van der Waals surface area contributed by atoms with Crippen molar-refractivity contribution in [3.8, 4) is 0 Å². The van der Waals surface area contributed by atoms with Crippen LogP contribution in [0.5, 0.6) is 0 Å². The molecule has 0 radical (unpaired) electrons. The molecule has 256 valence electrons. The number of ether oxygens (including phenoxy) is 3. The Kier molecular flexibility index (Phi) is 13.9. The zero-order chi connectivity index (χ0) is 33.9. The number of benzene rings is 3. The molecular weight excluding hydrogens is 635 g/mol. The Morgan fingerprint density at radius 3 is 1.79 bits per heavy atom. The predicted octanol–water partition coefficient (Wildman–Crippen LogP) is 7.88. The maximum atomic E-state index is 13.2. The van der Waals surface area contributed by atoms with E-state index in [4.69, 9.17) is 30.9 Å². The summed E-state index contributed by atoms with van der Waals surface area (Å²) in [5.41, 5.74) is 3.14. The highest BCUT2D eigenvalue weighted by Crippen LogP contribution is 2.41. The van der Waals surface area contributed by atoms with Gasteiger partial charge >= 0.3 is 0 Å². The van der Waals surface area contributed by atoms with Gasteiger partial charge in [0, 0.05) is 5.92 Å². The van der Waals surface area contributed by atoms with Crippen LogP contribution in [-0.2, 0) is 38.5 Å². The van der Waals surface area contributed by atoms with Gasteiger partial charge in [0.1, 0.15) is 6.10 Å². The highest BCUT2D eigenvalue weighted by atomic mass is 32.1. The summed E-state index contributed by atoms with van der Waals surface area (Å²) in [6.07, 6.45) is -3.23. The monoisotopic (exact) mass is 684 g/mol. The molecule has 0 aliphatic heterocycles. The van der Waals surface area contributed by atoms with Crippen molar-refractivity contribution in [2.24, 2.45) is 5.92 Å². The second-order valence-corrected chi connectivity index (χ2v) is 18.9.